The maximum absolute atomic E-state index is 8.28. The maximum Gasteiger partial charge on any atom is 0.313 e. The fraction of sp³-hybridized carbons (Fsp3) is 0.167. The number of allylic oxidation sites excluding steroid dienone is 4. The molecule has 3 heteroatoms. The Balaban J connectivity index is 2.90. The molecule has 0 aliphatic heterocycles. The summed E-state index contributed by atoms with van der Waals surface area (Å²) in [6.45, 7) is 0. The third-order valence-electron chi connectivity index (χ3n) is 1.06. The van der Waals surface area contributed by atoms with Crippen LogP contribution in [0.3, 0.4) is 0 Å². The van der Waals surface area contributed by atoms with Gasteiger partial charge in [0, 0.05) is 6.08 Å². The molecule has 1 atom stereocenters. The molecule has 1 unspecified atom stereocenters. The van der Waals surface area contributed by atoms with Gasteiger partial charge in [-0.1, -0.05) is 18.2 Å². The first kappa shape index (κ1) is 6.27. The van der Waals surface area contributed by atoms with Gasteiger partial charge in [-0.05, 0) is 0 Å². The number of rotatable bonds is 0. The Morgan fingerprint density at radius 3 is 2.78 bits per heavy atom. The summed E-state index contributed by atoms with van der Waals surface area (Å²) in [7, 11) is 0. The molecule has 0 fully saturated rings. The lowest BCUT2D eigenvalue weighted by Crippen LogP contribution is -2.11. The second-order valence-electron chi connectivity index (χ2n) is 1.67. The molecule has 0 aromatic heterocycles. The number of alkyl halides is 1. The normalized spacial score (nSPS) is 24.1. The minimum atomic E-state index is -0.278. The Hall–Kier alpha value is -0.850. The first-order chi connectivity index (χ1) is 4.34. The molecule has 0 saturated carbocycles. The largest absolute Gasteiger partial charge is 0.361 e. The van der Waals surface area contributed by atoms with Gasteiger partial charge >= 0.3 is 5.71 Å². The van der Waals surface area contributed by atoms with Gasteiger partial charge in [0.1, 0.15) is 0 Å². The Morgan fingerprint density at radius 1 is 1.56 bits per heavy atom. The van der Waals surface area contributed by atoms with Gasteiger partial charge in [-0.3, -0.25) is 0 Å². The van der Waals surface area contributed by atoms with Gasteiger partial charge in [0.05, 0.1) is 0 Å². The summed E-state index contributed by atoms with van der Waals surface area (Å²) in [5.41, 5.74) is 8.77. The van der Waals surface area contributed by atoms with E-state index in [1.54, 1.807) is 18.2 Å². The number of nitrogens with zero attached hydrogens (tertiary/aromatic N) is 2. The van der Waals surface area contributed by atoms with Crippen molar-refractivity contribution in [2.24, 2.45) is 0 Å². The van der Waals surface area contributed by atoms with Gasteiger partial charge in [-0.25, -0.2) is 0 Å². The van der Waals surface area contributed by atoms with Gasteiger partial charge in [0.25, 0.3) is 0 Å². The average Bonchev–Trinajstić information content (AvgIpc) is 1.89. The SMILES string of the molecule is [N-]=[N+]=C1C=CC=CC1Cl. The van der Waals surface area contributed by atoms with Crippen molar-refractivity contribution in [2.45, 2.75) is 5.38 Å². The number of hydrogen-bond acceptors (Lipinski definition) is 0. The zero-order valence-electron chi connectivity index (χ0n) is 4.66. The van der Waals surface area contributed by atoms with Gasteiger partial charge in [-0.15, -0.1) is 11.6 Å². The standard InChI is InChI=1S/C6H5ClN2/c7-5-3-1-2-4-6(5)9-8/h1-5H. The molecule has 0 aromatic carbocycles. The summed E-state index contributed by atoms with van der Waals surface area (Å²) in [6.07, 6.45) is 6.99. The van der Waals surface area contributed by atoms with Gasteiger partial charge in [0.2, 0.25) is 0 Å². The van der Waals surface area contributed by atoms with Crippen molar-refractivity contribution in [1.29, 1.82) is 0 Å². The van der Waals surface area contributed by atoms with Crippen LogP contribution in [0.15, 0.2) is 24.3 Å². The Bertz CT molecular complexity index is 211. The molecule has 2 nitrogen and oxygen atoms in total. The second-order valence-corrected chi connectivity index (χ2v) is 2.14. The Labute approximate surface area is 58.1 Å². The lowest BCUT2D eigenvalue weighted by molar-refractivity contribution is -0.00509. The summed E-state index contributed by atoms with van der Waals surface area (Å²) in [5, 5.41) is -0.278. The highest BCUT2D eigenvalue weighted by atomic mass is 35.5. The quantitative estimate of drug-likeness (QED) is 0.277. The average molecular weight is 141 g/mol. The summed E-state index contributed by atoms with van der Waals surface area (Å²) < 4.78 is 0. The fourth-order valence-electron chi connectivity index (χ4n) is 0.595. The lowest BCUT2D eigenvalue weighted by atomic mass is 10.1. The van der Waals surface area contributed by atoms with Crippen LogP contribution in [0, 0.1) is 0 Å². The molecule has 0 aromatic rings. The highest BCUT2D eigenvalue weighted by Gasteiger charge is 2.15. The summed E-state index contributed by atoms with van der Waals surface area (Å²) in [5.74, 6) is 0. The summed E-state index contributed by atoms with van der Waals surface area (Å²) >= 11 is 5.65. The van der Waals surface area contributed by atoms with Crippen LogP contribution in [0.4, 0.5) is 0 Å². The molecule has 0 saturated heterocycles. The molecule has 1 rings (SSSR count). The van der Waals surface area contributed by atoms with E-state index >= 15 is 0 Å². The van der Waals surface area contributed by atoms with Crippen molar-refractivity contribution in [3.8, 4) is 0 Å². The first-order valence-electron chi connectivity index (χ1n) is 2.55. The zero-order valence-corrected chi connectivity index (χ0v) is 5.42. The molecular formula is C6H5ClN2. The van der Waals surface area contributed by atoms with Crippen LogP contribution in [0.5, 0.6) is 0 Å². The number of halogens is 1. The lowest BCUT2D eigenvalue weighted by Gasteiger charge is -1.95. The topological polar surface area (TPSA) is 36.4 Å². The van der Waals surface area contributed by atoms with E-state index < -0.39 is 0 Å². The highest BCUT2D eigenvalue weighted by molar-refractivity contribution is 6.34. The van der Waals surface area contributed by atoms with E-state index in [0.717, 1.165) is 0 Å². The minimum absolute atomic E-state index is 0.278. The van der Waals surface area contributed by atoms with E-state index in [1.165, 1.54) is 0 Å². The summed E-state index contributed by atoms with van der Waals surface area (Å²) in [4.78, 5) is 2.98. The predicted molar refractivity (Wildman–Crippen MR) is 36.5 cm³/mol. The van der Waals surface area contributed by atoms with E-state index in [-0.39, 0.29) is 5.38 Å². The second kappa shape index (κ2) is 2.62. The monoisotopic (exact) mass is 140 g/mol. The molecule has 0 radical (unpaired) electrons. The van der Waals surface area contributed by atoms with Crippen molar-refractivity contribution in [3.05, 3.63) is 29.8 Å². The molecule has 46 valence electrons. The zero-order chi connectivity index (χ0) is 6.69. The van der Waals surface area contributed by atoms with Crippen molar-refractivity contribution in [1.82, 2.24) is 0 Å². The van der Waals surface area contributed by atoms with E-state index in [0.29, 0.717) is 5.71 Å². The Kier molecular flexibility index (Phi) is 1.83. The summed E-state index contributed by atoms with van der Waals surface area (Å²) in [6, 6.07) is 0. The van der Waals surface area contributed by atoms with Crippen LogP contribution in [-0.4, -0.2) is 15.9 Å². The molecule has 0 heterocycles. The Morgan fingerprint density at radius 2 is 2.33 bits per heavy atom. The van der Waals surface area contributed by atoms with E-state index in [4.69, 9.17) is 17.1 Å². The maximum atomic E-state index is 8.28. The van der Waals surface area contributed by atoms with Crippen molar-refractivity contribution >= 4 is 17.3 Å². The van der Waals surface area contributed by atoms with Gasteiger partial charge < -0.3 is 5.53 Å². The molecule has 1 aliphatic carbocycles. The molecule has 0 N–H and O–H groups in total. The van der Waals surface area contributed by atoms with Crippen molar-refractivity contribution < 1.29 is 4.79 Å². The van der Waals surface area contributed by atoms with E-state index in [2.05, 4.69) is 4.79 Å². The van der Waals surface area contributed by atoms with Crippen LogP contribution in [0.2, 0.25) is 0 Å². The number of hydrogen-bond donors (Lipinski definition) is 0. The molecule has 9 heavy (non-hydrogen) atoms. The van der Waals surface area contributed by atoms with Crippen LogP contribution in [0.1, 0.15) is 0 Å². The fourth-order valence-corrected chi connectivity index (χ4v) is 0.795. The van der Waals surface area contributed by atoms with Crippen LogP contribution < -0.4 is 0 Å². The minimum Gasteiger partial charge on any atom is -0.361 e. The third kappa shape index (κ3) is 1.28. The van der Waals surface area contributed by atoms with Crippen LogP contribution in [0.25, 0.3) is 5.53 Å². The molecular weight excluding hydrogens is 136 g/mol. The molecule has 0 amide bonds. The van der Waals surface area contributed by atoms with Crippen molar-refractivity contribution in [2.75, 3.05) is 0 Å². The van der Waals surface area contributed by atoms with E-state index in [1.807, 2.05) is 6.08 Å². The van der Waals surface area contributed by atoms with Gasteiger partial charge in [-0.2, -0.15) is 4.79 Å². The smallest absolute Gasteiger partial charge is 0.313 e. The predicted octanol–water partition coefficient (Wildman–Crippen LogP) is 1.39. The van der Waals surface area contributed by atoms with Crippen molar-refractivity contribution in [3.63, 3.8) is 0 Å². The van der Waals surface area contributed by atoms with Crippen LogP contribution >= 0.6 is 11.6 Å². The van der Waals surface area contributed by atoms with E-state index in [9.17, 15) is 0 Å². The molecule has 0 bridgehead atoms. The first-order valence-corrected chi connectivity index (χ1v) is 2.99. The highest BCUT2D eigenvalue weighted by Crippen LogP contribution is 2.05. The van der Waals surface area contributed by atoms with Gasteiger partial charge in [0.15, 0.2) is 5.38 Å². The third-order valence-corrected chi connectivity index (χ3v) is 1.43. The molecule has 0 spiro atoms. The molecule has 1 aliphatic rings. The van der Waals surface area contributed by atoms with Crippen LogP contribution in [-0.2, 0) is 0 Å².